The van der Waals surface area contributed by atoms with Gasteiger partial charge >= 0.3 is 0 Å². The third-order valence-electron chi connectivity index (χ3n) is 2.22. The maximum Gasteiger partial charge on any atom is 0.251 e. The van der Waals surface area contributed by atoms with Crippen LogP contribution in [0.25, 0.3) is 0 Å². The van der Waals surface area contributed by atoms with Gasteiger partial charge in [-0.2, -0.15) is 11.8 Å². The van der Waals surface area contributed by atoms with Crippen molar-refractivity contribution in [2.45, 2.75) is 26.0 Å². The molecule has 0 spiro atoms. The highest BCUT2D eigenvalue weighted by Crippen LogP contribution is 2.26. The van der Waals surface area contributed by atoms with Gasteiger partial charge in [0.1, 0.15) is 5.82 Å². The van der Waals surface area contributed by atoms with Crippen LogP contribution in [0.3, 0.4) is 0 Å². The van der Waals surface area contributed by atoms with Crippen molar-refractivity contribution in [1.29, 1.82) is 0 Å². The van der Waals surface area contributed by atoms with Crippen LogP contribution in [0.15, 0.2) is 10.9 Å². The minimum Gasteiger partial charge on any atom is -0.396 e. The zero-order valence-electron chi connectivity index (χ0n) is 9.86. The van der Waals surface area contributed by atoms with E-state index in [2.05, 4.69) is 9.97 Å². The fourth-order valence-electron chi connectivity index (χ4n) is 1.24. The Balaban J connectivity index is 2.65. The number of nitrogens with zero attached hydrogens (tertiary/aromatic N) is 1. The quantitative estimate of drug-likeness (QED) is 0.821. The molecule has 0 bridgehead atoms. The Morgan fingerprint density at radius 3 is 2.81 bits per heavy atom. The number of hydrogen-bond acceptors (Lipinski definition) is 4. The highest BCUT2D eigenvalue weighted by Gasteiger charge is 2.11. The minimum atomic E-state index is -0.106. The summed E-state index contributed by atoms with van der Waals surface area (Å²) in [5, 5.41) is 9.06. The number of thioether (sulfide) groups is 1. The molecule has 2 atom stereocenters. The molecule has 0 radical (unpaired) electrons. The van der Waals surface area contributed by atoms with Crippen molar-refractivity contribution in [1.82, 2.24) is 9.97 Å². The summed E-state index contributed by atoms with van der Waals surface area (Å²) in [6, 6.07) is 1.48. The first kappa shape index (κ1) is 13.3. The molecule has 4 nitrogen and oxygen atoms in total. The summed E-state index contributed by atoms with van der Waals surface area (Å²) in [5.41, 5.74) is 0.631. The van der Waals surface area contributed by atoms with Gasteiger partial charge in [0.2, 0.25) is 0 Å². The first-order chi connectivity index (χ1) is 7.52. The first-order valence-corrected chi connectivity index (χ1v) is 6.38. The summed E-state index contributed by atoms with van der Waals surface area (Å²) in [4.78, 5) is 18.3. The molecule has 0 aliphatic carbocycles. The Hall–Kier alpha value is -0.810. The van der Waals surface area contributed by atoms with Gasteiger partial charge in [0.25, 0.3) is 5.56 Å². The van der Waals surface area contributed by atoms with Crippen molar-refractivity contribution in [2.75, 3.05) is 12.4 Å². The van der Waals surface area contributed by atoms with Crippen LogP contribution in [-0.2, 0) is 0 Å². The van der Waals surface area contributed by atoms with Crippen LogP contribution >= 0.6 is 11.8 Å². The van der Waals surface area contributed by atoms with Gasteiger partial charge in [0.15, 0.2) is 0 Å². The van der Waals surface area contributed by atoms with E-state index in [0.717, 1.165) is 11.4 Å². The van der Waals surface area contributed by atoms with Crippen LogP contribution in [0.2, 0.25) is 0 Å². The molecule has 1 aromatic heterocycles. The second kappa shape index (κ2) is 6.06. The number of rotatable bonds is 5. The lowest BCUT2D eigenvalue weighted by atomic mass is 10.2. The van der Waals surface area contributed by atoms with E-state index in [1.165, 1.54) is 6.07 Å². The van der Waals surface area contributed by atoms with Crippen LogP contribution < -0.4 is 5.56 Å². The number of hydrogen-bond donors (Lipinski definition) is 2. The van der Waals surface area contributed by atoms with Crippen molar-refractivity contribution < 1.29 is 5.11 Å². The van der Waals surface area contributed by atoms with Crippen LogP contribution in [0.4, 0.5) is 0 Å². The Labute approximate surface area is 99.5 Å². The van der Waals surface area contributed by atoms with Gasteiger partial charge < -0.3 is 10.1 Å². The summed E-state index contributed by atoms with van der Waals surface area (Å²) >= 11 is 1.69. The Morgan fingerprint density at radius 1 is 1.56 bits per heavy atom. The Morgan fingerprint density at radius 2 is 2.25 bits per heavy atom. The largest absolute Gasteiger partial charge is 0.396 e. The molecule has 2 unspecified atom stereocenters. The normalized spacial score (nSPS) is 14.8. The summed E-state index contributed by atoms with van der Waals surface area (Å²) in [6.07, 6.45) is 0. The average molecular weight is 242 g/mol. The molecule has 0 fully saturated rings. The van der Waals surface area contributed by atoms with Crippen molar-refractivity contribution >= 4 is 11.8 Å². The van der Waals surface area contributed by atoms with Crippen LogP contribution in [-0.4, -0.2) is 27.4 Å². The molecule has 1 aromatic rings. The summed E-state index contributed by atoms with van der Waals surface area (Å²) in [7, 11) is 0. The first-order valence-electron chi connectivity index (χ1n) is 5.33. The van der Waals surface area contributed by atoms with Crippen molar-refractivity contribution in [3.8, 4) is 0 Å². The van der Waals surface area contributed by atoms with E-state index < -0.39 is 0 Å². The molecule has 0 saturated carbocycles. The third-order valence-corrected chi connectivity index (χ3v) is 3.70. The second-order valence-corrected chi connectivity index (χ2v) is 5.41. The van der Waals surface area contributed by atoms with Crippen molar-refractivity contribution in [2.24, 2.45) is 5.92 Å². The van der Waals surface area contributed by atoms with Crippen molar-refractivity contribution in [3.05, 3.63) is 27.9 Å². The van der Waals surface area contributed by atoms with Gasteiger partial charge in [-0.25, -0.2) is 4.98 Å². The van der Waals surface area contributed by atoms with Crippen molar-refractivity contribution in [3.63, 3.8) is 0 Å². The third kappa shape index (κ3) is 3.98. The molecule has 5 heteroatoms. The van der Waals surface area contributed by atoms with Gasteiger partial charge in [-0.1, -0.05) is 6.92 Å². The van der Waals surface area contributed by atoms with Gasteiger partial charge in [-0.05, 0) is 25.5 Å². The van der Waals surface area contributed by atoms with E-state index in [9.17, 15) is 4.79 Å². The number of aliphatic hydroxyl groups excluding tert-OH is 1. The predicted molar refractivity (Wildman–Crippen MR) is 66.7 cm³/mol. The molecule has 2 N–H and O–H groups in total. The zero-order valence-corrected chi connectivity index (χ0v) is 10.7. The van der Waals surface area contributed by atoms with E-state index in [1.54, 1.807) is 11.8 Å². The molecule has 16 heavy (non-hydrogen) atoms. The number of aromatic nitrogens is 2. The number of aromatic amines is 1. The highest BCUT2D eigenvalue weighted by molar-refractivity contribution is 7.99. The standard InChI is InChI=1S/C11H18N2O2S/c1-7(5-14)6-16-9(3)11-12-8(2)4-10(15)13-11/h4,7,9,14H,5-6H2,1-3H3,(H,12,13,15). The molecule has 90 valence electrons. The molecular formula is C11H18N2O2S. The van der Waals surface area contributed by atoms with Crippen LogP contribution in [0.1, 0.15) is 30.6 Å². The smallest absolute Gasteiger partial charge is 0.251 e. The van der Waals surface area contributed by atoms with E-state index in [-0.39, 0.29) is 23.3 Å². The van der Waals surface area contributed by atoms with E-state index in [1.807, 2.05) is 20.8 Å². The van der Waals surface area contributed by atoms with Gasteiger partial charge in [-0.3, -0.25) is 4.79 Å². The van der Waals surface area contributed by atoms with Gasteiger partial charge in [-0.15, -0.1) is 0 Å². The lowest BCUT2D eigenvalue weighted by Crippen LogP contribution is -2.13. The number of aryl methyl sites for hydroxylation is 1. The molecule has 0 aliphatic heterocycles. The van der Waals surface area contributed by atoms with Crippen LogP contribution in [0.5, 0.6) is 0 Å². The van der Waals surface area contributed by atoms with E-state index >= 15 is 0 Å². The molecule has 0 aliphatic rings. The molecule has 1 rings (SSSR count). The summed E-state index contributed by atoms with van der Waals surface area (Å²) < 4.78 is 0. The number of nitrogens with one attached hydrogen (secondary N) is 1. The Kier molecular flexibility index (Phi) is 5.02. The molecule has 0 aromatic carbocycles. The fraction of sp³-hybridized carbons (Fsp3) is 0.636. The maximum absolute atomic E-state index is 11.3. The van der Waals surface area contributed by atoms with Crippen LogP contribution in [0, 0.1) is 12.8 Å². The summed E-state index contributed by atoms with van der Waals surface area (Å²) in [5.74, 6) is 1.83. The molecule has 1 heterocycles. The second-order valence-electron chi connectivity index (χ2n) is 4.04. The predicted octanol–water partition coefficient (Wildman–Crippen LogP) is 1.50. The minimum absolute atomic E-state index is 0.106. The van der Waals surface area contributed by atoms with Gasteiger partial charge in [0.05, 0.1) is 5.25 Å². The zero-order chi connectivity index (χ0) is 12.1. The highest BCUT2D eigenvalue weighted by atomic mass is 32.2. The Bertz CT molecular complexity index is 392. The number of H-pyrrole nitrogens is 1. The molecule has 0 saturated heterocycles. The number of aliphatic hydroxyl groups is 1. The monoisotopic (exact) mass is 242 g/mol. The van der Waals surface area contributed by atoms with E-state index in [0.29, 0.717) is 5.82 Å². The molecule has 0 amide bonds. The molecular weight excluding hydrogens is 224 g/mol. The lowest BCUT2D eigenvalue weighted by molar-refractivity contribution is 0.250. The average Bonchev–Trinajstić information content (AvgIpc) is 2.23. The lowest BCUT2D eigenvalue weighted by Gasteiger charge is -2.13. The van der Waals surface area contributed by atoms with E-state index in [4.69, 9.17) is 5.11 Å². The fourth-order valence-corrected chi connectivity index (χ4v) is 2.23. The maximum atomic E-state index is 11.3. The van der Waals surface area contributed by atoms with Gasteiger partial charge in [0, 0.05) is 18.4 Å². The topological polar surface area (TPSA) is 66.0 Å². The SMILES string of the molecule is Cc1cc(=O)[nH]c(C(C)SCC(C)CO)n1. The summed E-state index contributed by atoms with van der Waals surface area (Å²) in [6.45, 7) is 6.00.